The third-order valence-electron chi connectivity index (χ3n) is 7.67. The van der Waals surface area contributed by atoms with Crippen LogP contribution in [0.1, 0.15) is 142 Å². The molecule has 0 radical (unpaired) electrons. The number of carbonyl (C=O) groups excluding carboxylic acids is 1. The van der Waals surface area contributed by atoms with Crippen molar-refractivity contribution in [2.45, 2.75) is 148 Å². The molecule has 0 aromatic heterocycles. The van der Waals surface area contributed by atoms with Crippen LogP contribution in [0, 0.1) is 5.92 Å². The zero-order valence-electron chi connectivity index (χ0n) is 20.9. The van der Waals surface area contributed by atoms with Crippen molar-refractivity contribution in [2.24, 2.45) is 5.92 Å². The van der Waals surface area contributed by atoms with E-state index in [0.29, 0.717) is 25.0 Å². The summed E-state index contributed by atoms with van der Waals surface area (Å²) < 4.78 is 5.68. The maximum atomic E-state index is 12.1. The van der Waals surface area contributed by atoms with Gasteiger partial charge in [-0.05, 0) is 45.2 Å². The minimum Gasteiger partial charge on any atom is -0.465 e. The summed E-state index contributed by atoms with van der Waals surface area (Å²) in [6, 6.07) is 0.682. The molecule has 1 unspecified atom stereocenters. The normalized spacial score (nSPS) is 21.7. The summed E-state index contributed by atoms with van der Waals surface area (Å²) in [5.74, 6) is 0.627. The van der Waals surface area contributed by atoms with Gasteiger partial charge in [0.2, 0.25) is 0 Å². The van der Waals surface area contributed by atoms with Crippen LogP contribution in [0.5, 0.6) is 0 Å². The third kappa shape index (κ3) is 12.3. The highest BCUT2D eigenvalue weighted by atomic mass is 16.5. The Morgan fingerprint density at radius 1 is 0.710 bits per heavy atom. The van der Waals surface area contributed by atoms with Gasteiger partial charge in [-0.3, -0.25) is 9.69 Å². The fourth-order valence-electron chi connectivity index (χ4n) is 5.68. The van der Waals surface area contributed by atoms with Crippen LogP contribution in [0.2, 0.25) is 0 Å². The van der Waals surface area contributed by atoms with E-state index in [4.69, 9.17) is 4.74 Å². The van der Waals surface area contributed by atoms with Crippen LogP contribution in [0.4, 0.5) is 0 Å². The van der Waals surface area contributed by atoms with E-state index in [0.717, 1.165) is 6.42 Å². The van der Waals surface area contributed by atoms with Gasteiger partial charge in [-0.15, -0.1) is 0 Å². The lowest BCUT2D eigenvalue weighted by Crippen LogP contribution is -2.49. The minimum absolute atomic E-state index is 0.0441. The van der Waals surface area contributed by atoms with Crippen LogP contribution in [-0.4, -0.2) is 36.6 Å². The molecule has 0 aliphatic carbocycles. The molecule has 2 atom stereocenters. The number of hydrogen-bond donors (Lipinski definition) is 0. The maximum absolute atomic E-state index is 12.1. The third-order valence-corrected chi connectivity index (χ3v) is 7.67. The van der Waals surface area contributed by atoms with Gasteiger partial charge < -0.3 is 4.74 Å². The molecule has 3 heteroatoms. The van der Waals surface area contributed by atoms with E-state index in [1.165, 1.54) is 135 Å². The Labute approximate surface area is 194 Å². The van der Waals surface area contributed by atoms with Crippen LogP contribution >= 0.6 is 0 Å². The average molecular weight is 436 g/mol. The lowest BCUT2D eigenvalue weighted by atomic mass is 9.84. The van der Waals surface area contributed by atoms with E-state index >= 15 is 0 Å². The van der Waals surface area contributed by atoms with E-state index < -0.39 is 0 Å². The first-order chi connectivity index (χ1) is 15.3. The van der Waals surface area contributed by atoms with Gasteiger partial charge in [-0.1, -0.05) is 103 Å². The predicted molar refractivity (Wildman–Crippen MR) is 132 cm³/mol. The van der Waals surface area contributed by atoms with Crippen LogP contribution < -0.4 is 0 Å². The van der Waals surface area contributed by atoms with Crippen molar-refractivity contribution in [1.29, 1.82) is 0 Å². The largest absolute Gasteiger partial charge is 0.465 e. The van der Waals surface area contributed by atoms with Crippen molar-refractivity contribution in [3.63, 3.8) is 0 Å². The van der Waals surface area contributed by atoms with Crippen molar-refractivity contribution < 1.29 is 9.53 Å². The molecule has 182 valence electrons. The lowest BCUT2D eigenvalue weighted by molar-refractivity contribution is -0.146. The van der Waals surface area contributed by atoms with Gasteiger partial charge in [0.25, 0.3) is 0 Å². The molecule has 2 aliphatic rings. The van der Waals surface area contributed by atoms with Crippen molar-refractivity contribution in [2.75, 3.05) is 19.7 Å². The Morgan fingerprint density at radius 2 is 1.26 bits per heavy atom. The molecule has 0 amide bonds. The molecular formula is C28H53NO2. The smallest absolute Gasteiger partial charge is 0.305 e. The second kappa shape index (κ2) is 17.9. The van der Waals surface area contributed by atoms with Crippen molar-refractivity contribution >= 4 is 5.97 Å². The number of esters is 1. The summed E-state index contributed by atoms with van der Waals surface area (Å²) in [7, 11) is 0. The van der Waals surface area contributed by atoms with E-state index in [1.54, 1.807) is 0 Å². The second-order valence-electron chi connectivity index (χ2n) is 10.4. The molecule has 2 rings (SSSR count). The highest BCUT2D eigenvalue weighted by Crippen LogP contribution is 2.31. The number of ether oxygens (including phenoxy) is 1. The first kappa shape index (κ1) is 26.7. The Kier molecular flexibility index (Phi) is 15.4. The molecule has 0 saturated carbocycles. The Hall–Kier alpha value is -0.570. The molecule has 0 aromatic carbocycles. The van der Waals surface area contributed by atoms with E-state index in [-0.39, 0.29) is 5.97 Å². The molecule has 0 spiro atoms. The number of carbonyl (C=O) groups is 1. The number of fused-ring (bicyclic) bond motifs is 1. The summed E-state index contributed by atoms with van der Waals surface area (Å²) in [4.78, 5) is 14.8. The summed E-state index contributed by atoms with van der Waals surface area (Å²) >= 11 is 0. The van der Waals surface area contributed by atoms with Gasteiger partial charge in [0.15, 0.2) is 0 Å². The summed E-state index contributed by atoms with van der Waals surface area (Å²) in [5.41, 5.74) is 0. The maximum Gasteiger partial charge on any atom is 0.305 e. The molecular weight excluding hydrogens is 382 g/mol. The highest BCUT2D eigenvalue weighted by molar-refractivity contribution is 5.69. The lowest BCUT2D eigenvalue weighted by Gasteiger charge is -2.44. The van der Waals surface area contributed by atoms with Crippen LogP contribution in [0.3, 0.4) is 0 Å². The van der Waals surface area contributed by atoms with Crippen LogP contribution in [0.15, 0.2) is 0 Å². The number of piperidine rings is 2. The highest BCUT2D eigenvalue weighted by Gasteiger charge is 2.33. The Balaban J connectivity index is 1.33. The number of nitrogens with zero attached hydrogens (tertiary/aromatic N) is 1. The number of rotatable bonds is 18. The standard InChI is InChI=1S/C28H53NO2/c1-2-3-4-5-6-7-8-9-10-11-12-13-14-15-16-22-28(30)31-25-26-20-19-24-29-23-18-17-21-27(26)29/h26-27H,2-25H2,1H3/t26-,27?/m0/s1. The van der Waals surface area contributed by atoms with Gasteiger partial charge in [0.1, 0.15) is 0 Å². The molecule has 2 saturated heterocycles. The second-order valence-corrected chi connectivity index (χ2v) is 10.4. The van der Waals surface area contributed by atoms with Crippen LogP contribution in [0.25, 0.3) is 0 Å². The molecule has 0 N–H and O–H groups in total. The van der Waals surface area contributed by atoms with Gasteiger partial charge in [-0.25, -0.2) is 0 Å². The van der Waals surface area contributed by atoms with Crippen molar-refractivity contribution in [3.8, 4) is 0 Å². The van der Waals surface area contributed by atoms with E-state index in [2.05, 4.69) is 11.8 Å². The Morgan fingerprint density at radius 3 is 1.87 bits per heavy atom. The average Bonchev–Trinajstić information content (AvgIpc) is 2.80. The zero-order chi connectivity index (χ0) is 22.0. The quantitative estimate of drug-likeness (QED) is 0.161. The number of unbranched alkanes of at least 4 members (excludes halogenated alkanes) is 14. The summed E-state index contributed by atoms with van der Waals surface area (Å²) in [5, 5.41) is 0. The molecule has 3 nitrogen and oxygen atoms in total. The first-order valence-electron chi connectivity index (χ1n) is 14.2. The minimum atomic E-state index is 0.0441. The van der Waals surface area contributed by atoms with Crippen molar-refractivity contribution in [1.82, 2.24) is 4.90 Å². The Bertz CT molecular complexity index is 437. The van der Waals surface area contributed by atoms with Gasteiger partial charge >= 0.3 is 5.97 Å². The van der Waals surface area contributed by atoms with Gasteiger partial charge in [-0.2, -0.15) is 0 Å². The summed E-state index contributed by atoms with van der Waals surface area (Å²) in [6.07, 6.45) is 27.6. The fraction of sp³-hybridized carbons (Fsp3) is 0.964. The zero-order valence-corrected chi connectivity index (χ0v) is 20.9. The number of hydrogen-bond acceptors (Lipinski definition) is 3. The molecule has 0 aromatic rings. The molecule has 0 bridgehead atoms. The topological polar surface area (TPSA) is 29.5 Å². The molecule has 2 heterocycles. The molecule has 31 heavy (non-hydrogen) atoms. The molecule has 2 fully saturated rings. The fourth-order valence-corrected chi connectivity index (χ4v) is 5.68. The first-order valence-corrected chi connectivity index (χ1v) is 14.2. The SMILES string of the molecule is CCCCCCCCCCCCCCCCCC(=O)OC[C@@H]1CCCN2CCCCC12. The van der Waals surface area contributed by atoms with E-state index in [1.807, 2.05) is 0 Å². The van der Waals surface area contributed by atoms with E-state index in [9.17, 15) is 4.79 Å². The molecule has 2 aliphatic heterocycles. The van der Waals surface area contributed by atoms with Gasteiger partial charge in [0, 0.05) is 18.4 Å². The van der Waals surface area contributed by atoms with Gasteiger partial charge in [0.05, 0.1) is 6.61 Å². The van der Waals surface area contributed by atoms with Crippen LogP contribution in [-0.2, 0) is 9.53 Å². The summed E-state index contributed by atoms with van der Waals surface area (Å²) in [6.45, 7) is 5.47. The monoisotopic (exact) mass is 435 g/mol. The predicted octanol–water partition coefficient (Wildman–Crippen LogP) is 8.06. The van der Waals surface area contributed by atoms with Crippen molar-refractivity contribution in [3.05, 3.63) is 0 Å².